The van der Waals surface area contributed by atoms with E-state index in [1.165, 1.54) is 0 Å². The van der Waals surface area contributed by atoms with Crippen LogP contribution in [-0.4, -0.2) is 54.8 Å². The highest BCUT2D eigenvalue weighted by Crippen LogP contribution is 2.22. The van der Waals surface area contributed by atoms with E-state index in [9.17, 15) is 4.79 Å². The quantitative estimate of drug-likeness (QED) is 0.498. The molecule has 0 bridgehead atoms. The van der Waals surface area contributed by atoms with Gasteiger partial charge in [-0.25, -0.2) is 0 Å². The molecular formula is C16H37NO3Si2. The molecule has 0 aliphatic rings. The topological polar surface area (TPSA) is 38.8 Å². The lowest BCUT2D eigenvalue weighted by molar-refractivity contribution is -0.135. The molecule has 0 aliphatic carbocycles. The summed E-state index contributed by atoms with van der Waals surface area (Å²) >= 11 is 0. The lowest BCUT2D eigenvalue weighted by Crippen LogP contribution is -2.39. The molecule has 0 saturated heterocycles. The van der Waals surface area contributed by atoms with Gasteiger partial charge in [-0.05, 0) is 57.3 Å². The molecular weight excluding hydrogens is 310 g/mol. The van der Waals surface area contributed by atoms with E-state index in [-0.39, 0.29) is 5.97 Å². The first-order chi connectivity index (χ1) is 10.2. The van der Waals surface area contributed by atoms with Gasteiger partial charge in [-0.1, -0.05) is 20.8 Å². The molecule has 6 heteroatoms. The second kappa shape index (κ2) is 10.6. The summed E-state index contributed by atoms with van der Waals surface area (Å²) in [7, 11) is 0.664. The van der Waals surface area contributed by atoms with Crippen molar-refractivity contribution < 1.29 is 13.6 Å². The van der Waals surface area contributed by atoms with Crippen molar-refractivity contribution in [3.63, 3.8) is 0 Å². The van der Waals surface area contributed by atoms with Gasteiger partial charge in [-0.15, -0.1) is 0 Å². The average molecular weight is 348 g/mol. The van der Waals surface area contributed by atoms with Crippen LogP contribution in [-0.2, 0) is 13.6 Å². The summed E-state index contributed by atoms with van der Waals surface area (Å²) < 4.78 is 11.4. The molecule has 0 aromatic rings. The first-order valence-corrected chi connectivity index (χ1v) is 14.3. The molecule has 0 aliphatic heterocycles. The van der Waals surface area contributed by atoms with Crippen molar-refractivity contribution >= 4 is 22.6 Å². The smallest absolute Gasteiger partial charge is 0.293 e. The highest BCUT2D eigenvalue weighted by Gasteiger charge is 2.32. The summed E-state index contributed by atoms with van der Waals surface area (Å²) in [6.07, 6.45) is 1.65. The third-order valence-electron chi connectivity index (χ3n) is 4.83. The van der Waals surface area contributed by atoms with Gasteiger partial charge < -0.3 is 13.8 Å². The van der Waals surface area contributed by atoms with Crippen molar-refractivity contribution in [2.75, 3.05) is 27.2 Å². The highest BCUT2D eigenvalue weighted by molar-refractivity contribution is 6.74. The Morgan fingerprint density at radius 2 is 1.59 bits per heavy atom. The van der Waals surface area contributed by atoms with Crippen molar-refractivity contribution in [3.8, 4) is 0 Å². The normalized spacial score (nSPS) is 12.7. The van der Waals surface area contributed by atoms with Crippen LogP contribution in [0.3, 0.4) is 0 Å². The Morgan fingerprint density at radius 1 is 1.05 bits per heavy atom. The summed E-state index contributed by atoms with van der Waals surface area (Å²) in [5, 5.41) is 0. The Bertz CT molecular complexity index is 312. The van der Waals surface area contributed by atoms with Gasteiger partial charge in [0.15, 0.2) is 8.32 Å². The van der Waals surface area contributed by atoms with Crippen molar-refractivity contribution in [2.45, 2.75) is 70.9 Å². The van der Waals surface area contributed by atoms with E-state index in [0.717, 1.165) is 43.7 Å². The van der Waals surface area contributed by atoms with Gasteiger partial charge in [0, 0.05) is 13.7 Å². The first-order valence-electron chi connectivity index (χ1n) is 8.69. The molecule has 0 N–H and O–H groups in total. The van der Waals surface area contributed by atoms with Gasteiger partial charge >= 0.3 is 0 Å². The average Bonchev–Trinajstić information content (AvgIpc) is 2.50. The number of carbonyl (C=O) groups is 1. The van der Waals surface area contributed by atoms with Crippen LogP contribution in [0.4, 0.5) is 0 Å². The second-order valence-corrected chi connectivity index (χ2v) is 16.0. The predicted molar refractivity (Wildman–Crippen MR) is 99.3 cm³/mol. The minimum absolute atomic E-state index is 0.00402. The zero-order valence-corrected chi connectivity index (χ0v) is 17.8. The van der Waals surface area contributed by atoms with Crippen LogP contribution < -0.4 is 0 Å². The van der Waals surface area contributed by atoms with E-state index in [0.29, 0.717) is 6.42 Å². The SMILES string of the molecule is CC[Si](CC)(CC)OC(=O)CCN(C)CCC[Si](C)(C)OC. The van der Waals surface area contributed by atoms with Crippen LogP contribution in [0, 0.1) is 0 Å². The zero-order valence-electron chi connectivity index (χ0n) is 15.8. The fourth-order valence-corrected chi connectivity index (χ4v) is 6.26. The Kier molecular flexibility index (Phi) is 10.5. The largest absolute Gasteiger partial charge is 0.519 e. The molecule has 0 heterocycles. The van der Waals surface area contributed by atoms with Crippen LogP contribution in [0.5, 0.6) is 0 Å². The zero-order chi connectivity index (χ0) is 17.2. The van der Waals surface area contributed by atoms with Gasteiger partial charge in [0.05, 0.1) is 6.42 Å². The van der Waals surface area contributed by atoms with Gasteiger partial charge in [0.2, 0.25) is 0 Å². The maximum Gasteiger partial charge on any atom is 0.293 e. The fraction of sp³-hybridized carbons (Fsp3) is 0.938. The summed E-state index contributed by atoms with van der Waals surface area (Å²) in [6, 6.07) is 4.24. The molecule has 4 nitrogen and oxygen atoms in total. The summed E-state index contributed by atoms with van der Waals surface area (Å²) in [5.74, 6) is -0.00402. The van der Waals surface area contributed by atoms with Crippen molar-refractivity contribution in [1.29, 1.82) is 0 Å². The van der Waals surface area contributed by atoms with Crippen LogP contribution in [0.25, 0.3) is 0 Å². The van der Waals surface area contributed by atoms with Crippen LogP contribution in [0.15, 0.2) is 0 Å². The maximum atomic E-state index is 12.1. The van der Waals surface area contributed by atoms with Crippen molar-refractivity contribution in [1.82, 2.24) is 4.90 Å². The summed E-state index contributed by atoms with van der Waals surface area (Å²) in [5.41, 5.74) is 0. The number of hydrogen-bond acceptors (Lipinski definition) is 4. The van der Waals surface area contributed by atoms with Crippen LogP contribution in [0.1, 0.15) is 33.6 Å². The van der Waals surface area contributed by atoms with Crippen LogP contribution in [0.2, 0.25) is 37.3 Å². The van der Waals surface area contributed by atoms with Crippen molar-refractivity contribution in [3.05, 3.63) is 0 Å². The van der Waals surface area contributed by atoms with E-state index >= 15 is 0 Å². The first kappa shape index (κ1) is 21.8. The molecule has 0 aromatic heterocycles. The highest BCUT2D eigenvalue weighted by atomic mass is 28.4. The van der Waals surface area contributed by atoms with Gasteiger partial charge in [-0.2, -0.15) is 0 Å². The lowest BCUT2D eigenvalue weighted by atomic mass is 10.3. The lowest BCUT2D eigenvalue weighted by Gasteiger charge is -2.28. The second-order valence-electron chi connectivity index (χ2n) is 6.84. The Labute approximate surface area is 139 Å². The Balaban J connectivity index is 4.04. The number of nitrogens with zero attached hydrogens (tertiary/aromatic N) is 1. The molecule has 0 aromatic carbocycles. The van der Waals surface area contributed by atoms with Gasteiger partial charge in [0.1, 0.15) is 0 Å². The van der Waals surface area contributed by atoms with E-state index in [1.807, 2.05) is 7.11 Å². The molecule has 0 saturated carbocycles. The minimum Gasteiger partial charge on any atom is -0.519 e. The molecule has 0 fully saturated rings. The minimum atomic E-state index is -1.79. The maximum absolute atomic E-state index is 12.1. The number of carbonyl (C=O) groups excluding carboxylic acids is 1. The molecule has 0 atom stereocenters. The third-order valence-corrected chi connectivity index (χ3v) is 12.0. The molecule has 0 spiro atoms. The molecule has 0 unspecified atom stereocenters. The van der Waals surface area contributed by atoms with E-state index < -0.39 is 16.6 Å². The van der Waals surface area contributed by atoms with Crippen molar-refractivity contribution in [2.24, 2.45) is 0 Å². The standard InChI is InChI=1S/C16H37NO3Si2/c1-8-22(9-2,10-3)20-16(18)12-14-17(4)13-11-15-21(6,7)19-5/h8-15H2,1-7H3. The Morgan fingerprint density at radius 3 is 2.05 bits per heavy atom. The monoisotopic (exact) mass is 347 g/mol. The predicted octanol–water partition coefficient (Wildman–Crippen LogP) is 4.10. The summed E-state index contributed by atoms with van der Waals surface area (Å²) in [6.45, 7) is 12.8. The van der Waals surface area contributed by atoms with E-state index in [2.05, 4.69) is 45.8 Å². The molecule has 0 rings (SSSR count). The van der Waals surface area contributed by atoms with Crippen LogP contribution >= 0.6 is 0 Å². The Hall–Kier alpha value is -0.176. The fourth-order valence-electron chi connectivity index (χ4n) is 2.53. The van der Waals surface area contributed by atoms with E-state index in [1.54, 1.807) is 0 Å². The molecule has 0 radical (unpaired) electrons. The number of hydrogen-bond donors (Lipinski definition) is 0. The van der Waals surface area contributed by atoms with Gasteiger partial charge in [0.25, 0.3) is 14.3 Å². The van der Waals surface area contributed by atoms with E-state index in [4.69, 9.17) is 8.85 Å². The molecule has 132 valence electrons. The van der Waals surface area contributed by atoms with Gasteiger partial charge in [-0.3, -0.25) is 4.79 Å². The molecule has 22 heavy (non-hydrogen) atoms. The molecule has 0 amide bonds. The third kappa shape index (κ3) is 8.45. The number of rotatable bonds is 12. The summed E-state index contributed by atoms with van der Waals surface area (Å²) in [4.78, 5) is 14.3.